The largest absolute Gasteiger partial charge is 0.493 e. The molecule has 0 amide bonds. The standard InChI is InChI=1S/C17H20FNO2/c1-3-21-17-10-14(7-8-16(17)20-2)12-19-11-13-5-4-6-15(18)9-13/h4-10,19H,3,11-12H2,1-2H3. The highest BCUT2D eigenvalue weighted by atomic mass is 19.1. The van der Waals surface area contributed by atoms with Gasteiger partial charge in [0.2, 0.25) is 0 Å². The molecule has 0 heterocycles. The Balaban J connectivity index is 1.95. The van der Waals surface area contributed by atoms with Crippen LogP contribution in [-0.4, -0.2) is 13.7 Å². The van der Waals surface area contributed by atoms with Crippen molar-refractivity contribution in [3.63, 3.8) is 0 Å². The van der Waals surface area contributed by atoms with Crippen LogP contribution < -0.4 is 14.8 Å². The molecule has 112 valence electrons. The molecule has 21 heavy (non-hydrogen) atoms. The van der Waals surface area contributed by atoms with Crippen LogP contribution in [0.1, 0.15) is 18.1 Å². The molecule has 0 saturated carbocycles. The van der Waals surface area contributed by atoms with Crippen LogP contribution in [0.25, 0.3) is 0 Å². The fourth-order valence-electron chi connectivity index (χ4n) is 2.10. The van der Waals surface area contributed by atoms with E-state index in [1.54, 1.807) is 13.2 Å². The minimum absolute atomic E-state index is 0.211. The minimum atomic E-state index is -0.211. The van der Waals surface area contributed by atoms with Crippen LogP contribution in [0.5, 0.6) is 11.5 Å². The van der Waals surface area contributed by atoms with E-state index in [1.165, 1.54) is 12.1 Å². The van der Waals surface area contributed by atoms with Gasteiger partial charge in [-0.05, 0) is 42.3 Å². The topological polar surface area (TPSA) is 30.5 Å². The van der Waals surface area contributed by atoms with Gasteiger partial charge in [0.1, 0.15) is 5.82 Å². The summed E-state index contributed by atoms with van der Waals surface area (Å²) in [4.78, 5) is 0. The molecule has 2 aromatic rings. The molecule has 4 heteroatoms. The van der Waals surface area contributed by atoms with Crippen molar-refractivity contribution in [2.45, 2.75) is 20.0 Å². The first kappa shape index (κ1) is 15.3. The summed E-state index contributed by atoms with van der Waals surface area (Å²) in [5, 5.41) is 3.29. The monoisotopic (exact) mass is 289 g/mol. The van der Waals surface area contributed by atoms with Crippen LogP contribution >= 0.6 is 0 Å². The van der Waals surface area contributed by atoms with E-state index in [9.17, 15) is 4.39 Å². The van der Waals surface area contributed by atoms with Crippen LogP contribution in [0, 0.1) is 5.82 Å². The summed E-state index contributed by atoms with van der Waals surface area (Å²) in [7, 11) is 1.62. The van der Waals surface area contributed by atoms with Gasteiger partial charge in [-0.2, -0.15) is 0 Å². The maximum absolute atomic E-state index is 13.1. The third-order valence-corrected chi connectivity index (χ3v) is 3.08. The van der Waals surface area contributed by atoms with Crippen LogP contribution in [0.15, 0.2) is 42.5 Å². The zero-order chi connectivity index (χ0) is 15.1. The Kier molecular flexibility index (Phi) is 5.58. The molecule has 1 N–H and O–H groups in total. The van der Waals surface area contributed by atoms with Crippen LogP contribution in [0.3, 0.4) is 0 Å². The number of benzene rings is 2. The number of methoxy groups -OCH3 is 1. The molecule has 0 radical (unpaired) electrons. The van der Waals surface area contributed by atoms with Crippen molar-refractivity contribution >= 4 is 0 Å². The fraction of sp³-hybridized carbons (Fsp3) is 0.294. The van der Waals surface area contributed by atoms with Crippen molar-refractivity contribution in [3.8, 4) is 11.5 Å². The average Bonchev–Trinajstić information content (AvgIpc) is 2.48. The molecule has 3 nitrogen and oxygen atoms in total. The quantitative estimate of drug-likeness (QED) is 0.846. The van der Waals surface area contributed by atoms with Crippen LogP contribution in [0.2, 0.25) is 0 Å². The highest BCUT2D eigenvalue weighted by molar-refractivity contribution is 5.42. The highest BCUT2D eigenvalue weighted by Gasteiger charge is 2.05. The Hall–Kier alpha value is -2.07. The van der Waals surface area contributed by atoms with Crippen molar-refractivity contribution in [2.24, 2.45) is 0 Å². The molecule has 0 fully saturated rings. The maximum Gasteiger partial charge on any atom is 0.161 e. The number of hydrogen-bond donors (Lipinski definition) is 1. The number of hydrogen-bond acceptors (Lipinski definition) is 3. The second-order valence-corrected chi connectivity index (χ2v) is 4.65. The van der Waals surface area contributed by atoms with Gasteiger partial charge in [0.05, 0.1) is 13.7 Å². The molecule has 0 aliphatic heterocycles. The van der Waals surface area contributed by atoms with Gasteiger partial charge in [0, 0.05) is 13.1 Å². The Morgan fingerprint density at radius 2 is 1.76 bits per heavy atom. The van der Waals surface area contributed by atoms with Crippen LogP contribution in [0.4, 0.5) is 4.39 Å². The van der Waals surface area contributed by atoms with E-state index in [2.05, 4.69) is 5.32 Å². The Morgan fingerprint density at radius 1 is 1.00 bits per heavy atom. The zero-order valence-corrected chi connectivity index (χ0v) is 12.4. The van der Waals surface area contributed by atoms with E-state index in [0.29, 0.717) is 19.7 Å². The molecule has 0 bridgehead atoms. The summed E-state index contributed by atoms with van der Waals surface area (Å²) in [5.41, 5.74) is 2.02. The second kappa shape index (κ2) is 7.64. The zero-order valence-electron chi connectivity index (χ0n) is 12.4. The van der Waals surface area contributed by atoms with Crippen molar-refractivity contribution in [1.29, 1.82) is 0 Å². The van der Waals surface area contributed by atoms with Gasteiger partial charge in [0.15, 0.2) is 11.5 Å². The van der Waals surface area contributed by atoms with Gasteiger partial charge in [-0.3, -0.25) is 0 Å². The molecule has 2 aromatic carbocycles. The normalized spacial score (nSPS) is 10.4. The molecule has 0 aliphatic rings. The van der Waals surface area contributed by atoms with E-state index in [4.69, 9.17) is 9.47 Å². The second-order valence-electron chi connectivity index (χ2n) is 4.65. The first-order valence-corrected chi connectivity index (χ1v) is 6.97. The van der Waals surface area contributed by atoms with Gasteiger partial charge >= 0.3 is 0 Å². The lowest BCUT2D eigenvalue weighted by Crippen LogP contribution is -2.13. The summed E-state index contributed by atoms with van der Waals surface area (Å²) < 4.78 is 23.9. The lowest BCUT2D eigenvalue weighted by Gasteiger charge is -2.11. The smallest absolute Gasteiger partial charge is 0.161 e. The molecular formula is C17H20FNO2. The number of halogens is 1. The molecule has 2 rings (SSSR count). The average molecular weight is 289 g/mol. The van der Waals surface area contributed by atoms with Gasteiger partial charge in [-0.15, -0.1) is 0 Å². The first-order valence-electron chi connectivity index (χ1n) is 6.97. The van der Waals surface area contributed by atoms with Gasteiger partial charge in [-0.25, -0.2) is 4.39 Å². The predicted molar refractivity (Wildman–Crippen MR) is 81.1 cm³/mol. The van der Waals surface area contributed by atoms with Crippen molar-refractivity contribution in [1.82, 2.24) is 5.32 Å². The minimum Gasteiger partial charge on any atom is -0.493 e. The van der Waals surface area contributed by atoms with E-state index < -0.39 is 0 Å². The molecule has 0 aromatic heterocycles. The summed E-state index contributed by atoms with van der Waals surface area (Å²) >= 11 is 0. The number of rotatable bonds is 7. The molecule has 0 spiro atoms. The summed E-state index contributed by atoms with van der Waals surface area (Å²) in [6.45, 7) is 3.83. The lowest BCUT2D eigenvalue weighted by molar-refractivity contribution is 0.310. The Morgan fingerprint density at radius 3 is 2.43 bits per heavy atom. The molecule has 0 atom stereocenters. The molecular weight excluding hydrogens is 269 g/mol. The van der Waals surface area contributed by atoms with Crippen molar-refractivity contribution in [2.75, 3.05) is 13.7 Å². The number of nitrogens with one attached hydrogen (secondary N) is 1. The van der Waals surface area contributed by atoms with Gasteiger partial charge in [0.25, 0.3) is 0 Å². The predicted octanol–water partition coefficient (Wildman–Crippen LogP) is 3.52. The van der Waals surface area contributed by atoms with E-state index in [-0.39, 0.29) is 5.82 Å². The maximum atomic E-state index is 13.1. The molecule has 0 unspecified atom stereocenters. The third-order valence-electron chi connectivity index (χ3n) is 3.08. The highest BCUT2D eigenvalue weighted by Crippen LogP contribution is 2.27. The van der Waals surface area contributed by atoms with E-state index in [1.807, 2.05) is 31.2 Å². The van der Waals surface area contributed by atoms with E-state index in [0.717, 1.165) is 22.6 Å². The summed E-state index contributed by atoms with van der Waals surface area (Å²) in [5.74, 6) is 1.26. The Bertz CT molecular complexity index is 587. The SMILES string of the molecule is CCOc1cc(CNCc2cccc(F)c2)ccc1OC. The van der Waals surface area contributed by atoms with Crippen molar-refractivity contribution in [3.05, 3.63) is 59.4 Å². The third kappa shape index (κ3) is 4.46. The Labute approximate surface area is 124 Å². The van der Waals surface area contributed by atoms with Crippen molar-refractivity contribution < 1.29 is 13.9 Å². The lowest BCUT2D eigenvalue weighted by atomic mass is 10.2. The first-order chi connectivity index (χ1) is 10.2. The fourth-order valence-corrected chi connectivity index (χ4v) is 2.10. The van der Waals surface area contributed by atoms with Gasteiger partial charge < -0.3 is 14.8 Å². The molecule has 0 saturated heterocycles. The molecule has 0 aliphatic carbocycles. The number of ether oxygens (including phenoxy) is 2. The summed E-state index contributed by atoms with van der Waals surface area (Å²) in [6.07, 6.45) is 0. The summed E-state index contributed by atoms with van der Waals surface area (Å²) in [6, 6.07) is 12.4. The van der Waals surface area contributed by atoms with E-state index >= 15 is 0 Å². The van der Waals surface area contributed by atoms with Crippen LogP contribution in [-0.2, 0) is 13.1 Å². The van der Waals surface area contributed by atoms with Gasteiger partial charge in [-0.1, -0.05) is 18.2 Å².